The maximum absolute atomic E-state index is 12.8. The van der Waals surface area contributed by atoms with Crippen LogP contribution in [0.25, 0.3) is 28.1 Å². The summed E-state index contributed by atoms with van der Waals surface area (Å²) in [5.74, 6) is 1.19. The molecule has 0 radical (unpaired) electrons. The van der Waals surface area contributed by atoms with Crippen LogP contribution in [0, 0.1) is 5.41 Å². The number of pyridine rings is 1. The second kappa shape index (κ2) is 7.84. The molecule has 29 heavy (non-hydrogen) atoms. The number of nitrogens with one attached hydrogen (secondary N) is 1. The van der Waals surface area contributed by atoms with Crippen molar-refractivity contribution < 1.29 is 8.95 Å². The summed E-state index contributed by atoms with van der Waals surface area (Å²) in [6, 6.07) is 9.70. The SMILES string of the molecule is COCC(C)(C)C[S@](=O)c1cnc2c(cnn2-c2cccc(-c3ncn[nH]3)c2)c1. The summed E-state index contributed by atoms with van der Waals surface area (Å²) in [5, 5.41) is 12.1. The van der Waals surface area contributed by atoms with E-state index in [4.69, 9.17) is 4.74 Å². The lowest BCUT2D eigenvalue weighted by atomic mass is 9.98. The van der Waals surface area contributed by atoms with E-state index in [0.717, 1.165) is 16.6 Å². The van der Waals surface area contributed by atoms with Gasteiger partial charge in [0.1, 0.15) is 6.33 Å². The predicted molar refractivity (Wildman–Crippen MR) is 111 cm³/mol. The standard InChI is InChI=1S/C20H22N6O2S/c1-20(2,11-28-3)12-29(27)17-8-15-9-24-26(19(15)21-10-17)16-6-4-5-14(7-16)18-22-13-23-25-18/h4-10,13H,11-12H2,1-3H3,(H,22,23,25)/t29-/m0/s1. The Morgan fingerprint density at radius 1 is 1.21 bits per heavy atom. The molecular weight excluding hydrogens is 388 g/mol. The summed E-state index contributed by atoms with van der Waals surface area (Å²) in [6.45, 7) is 4.63. The van der Waals surface area contributed by atoms with Crippen molar-refractivity contribution in [3.8, 4) is 17.1 Å². The molecule has 0 fully saturated rings. The van der Waals surface area contributed by atoms with Crippen LogP contribution in [0.1, 0.15) is 13.8 Å². The number of methoxy groups -OCH3 is 1. The number of aromatic amines is 1. The Bertz CT molecular complexity index is 1150. The maximum atomic E-state index is 12.8. The zero-order chi connectivity index (χ0) is 20.4. The van der Waals surface area contributed by atoms with Crippen LogP contribution >= 0.6 is 0 Å². The van der Waals surface area contributed by atoms with E-state index in [1.165, 1.54) is 6.33 Å². The average molecular weight is 411 g/mol. The van der Waals surface area contributed by atoms with Gasteiger partial charge in [-0.15, -0.1) is 0 Å². The number of benzene rings is 1. The van der Waals surface area contributed by atoms with E-state index >= 15 is 0 Å². The van der Waals surface area contributed by atoms with E-state index in [9.17, 15) is 4.21 Å². The lowest BCUT2D eigenvalue weighted by Gasteiger charge is -2.22. The minimum Gasteiger partial charge on any atom is -0.384 e. The molecule has 0 saturated carbocycles. The van der Waals surface area contributed by atoms with Crippen LogP contribution in [0.5, 0.6) is 0 Å². The summed E-state index contributed by atoms with van der Waals surface area (Å²) in [4.78, 5) is 9.43. The highest BCUT2D eigenvalue weighted by atomic mass is 32.2. The van der Waals surface area contributed by atoms with Crippen molar-refractivity contribution in [1.29, 1.82) is 0 Å². The third-order valence-corrected chi connectivity index (χ3v) is 6.27. The van der Waals surface area contributed by atoms with Crippen LogP contribution in [0.15, 0.2) is 53.9 Å². The molecule has 0 aliphatic rings. The Balaban J connectivity index is 1.64. The average Bonchev–Trinajstić information content (AvgIpc) is 3.37. The molecule has 4 aromatic rings. The highest BCUT2D eigenvalue weighted by molar-refractivity contribution is 7.85. The van der Waals surface area contributed by atoms with Gasteiger partial charge in [-0.25, -0.2) is 14.6 Å². The van der Waals surface area contributed by atoms with Crippen LogP contribution in [0.2, 0.25) is 0 Å². The van der Waals surface area contributed by atoms with Crippen molar-refractivity contribution in [2.45, 2.75) is 18.7 Å². The second-order valence-electron chi connectivity index (χ2n) is 7.61. The van der Waals surface area contributed by atoms with Crippen molar-refractivity contribution in [1.82, 2.24) is 29.9 Å². The Hall–Kier alpha value is -2.91. The molecule has 0 aliphatic heterocycles. The van der Waals surface area contributed by atoms with Gasteiger partial charge < -0.3 is 4.74 Å². The fourth-order valence-corrected chi connectivity index (χ4v) is 4.60. The van der Waals surface area contributed by atoms with Gasteiger partial charge in [0.05, 0.1) is 34.2 Å². The number of hydrogen-bond acceptors (Lipinski definition) is 6. The molecule has 1 N–H and O–H groups in total. The quantitative estimate of drug-likeness (QED) is 0.503. The van der Waals surface area contributed by atoms with Crippen molar-refractivity contribution in [3.05, 3.63) is 49.1 Å². The highest BCUT2D eigenvalue weighted by Gasteiger charge is 2.22. The molecule has 4 rings (SSSR count). The monoisotopic (exact) mass is 410 g/mol. The van der Waals surface area contributed by atoms with Gasteiger partial charge in [0.15, 0.2) is 11.5 Å². The van der Waals surface area contributed by atoms with Gasteiger partial charge in [0.2, 0.25) is 0 Å². The first-order valence-electron chi connectivity index (χ1n) is 9.14. The van der Waals surface area contributed by atoms with Gasteiger partial charge in [-0.05, 0) is 23.6 Å². The third kappa shape index (κ3) is 4.10. The van der Waals surface area contributed by atoms with E-state index in [0.29, 0.717) is 28.7 Å². The fourth-order valence-electron chi connectivity index (χ4n) is 3.21. The Morgan fingerprint density at radius 3 is 2.83 bits per heavy atom. The minimum atomic E-state index is -1.17. The molecule has 0 bridgehead atoms. The topological polar surface area (TPSA) is 98.6 Å². The van der Waals surface area contributed by atoms with Crippen molar-refractivity contribution in [2.75, 3.05) is 19.5 Å². The van der Waals surface area contributed by atoms with Gasteiger partial charge in [0.25, 0.3) is 0 Å². The molecule has 150 valence electrons. The van der Waals surface area contributed by atoms with Crippen LogP contribution in [0.4, 0.5) is 0 Å². The third-order valence-electron chi connectivity index (χ3n) is 4.48. The van der Waals surface area contributed by atoms with Gasteiger partial charge >= 0.3 is 0 Å². The molecular formula is C20H22N6O2S. The highest BCUT2D eigenvalue weighted by Crippen LogP contribution is 2.24. The van der Waals surface area contributed by atoms with E-state index in [1.807, 2.05) is 44.2 Å². The zero-order valence-electron chi connectivity index (χ0n) is 16.5. The molecule has 0 spiro atoms. The molecule has 3 aromatic heterocycles. The Kier molecular flexibility index (Phi) is 5.25. The first-order chi connectivity index (χ1) is 14.0. The largest absolute Gasteiger partial charge is 0.384 e. The fraction of sp³-hybridized carbons (Fsp3) is 0.300. The molecule has 1 aromatic carbocycles. The van der Waals surface area contributed by atoms with Gasteiger partial charge in [-0.1, -0.05) is 26.0 Å². The number of rotatable bonds is 7. The van der Waals surface area contributed by atoms with Gasteiger partial charge in [-0.2, -0.15) is 10.2 Å². The first kappa shape index (κ1) is 19.4. The lowest BCUT2D eigenvalue weighted by molar-refractivity contribution is 0.119. The summed E-state index contributed by atoms with van der Waals surface area (Å²) in [6.07, 6.45) is 4.88. The molecule has 0 aliphatic carbocycles. The molecule has 1 atom stereocenters. The number of fused-ring (bicyclic) bond motifs is 1. The molecule has 0 saturated heterocycles. The normalized spacial score (nSPS) is 13.1. The number of nitrogens with zero attached hydrogens (tertiary/aromatic N) is 5. The number of hydrogen-bond donors (Lipinski definition) is 1. The number of ether oxygens (including phenoxy) is 1. The number of aromatic nitrogens is 6. The second-order valence-corrected chi connectivity index (χ2v) is 9.06. The van der Waals surface area contributed by atoms with Gasteiger partial charge in [-0.3, -0.25) is 9.31 Å². The summed E-state index contributed by atoms with van der Waals surface area (Å²) in [7, 11) is 0.488. The summed E-state index contributed by atoms with van der Waals surface area (Å²) >= 11 is 0. The smallest absolute Gasteiger partial charge is 0.162 e. The van der Waals surface area contributed by atoms with Gasteiger partial charge in [0, 0.05) is 30.0 Å². The number of H-pyrrole nitrogens is 1. The molecule has 9 heteroatoms. The van der Waals surface area contributed by atoms with Crippen LogP contribution in [0.3, 0.4) is 0 Å². The Morgan fingerprint density at radius 2 is 2.07 bits per heavy atom. The van der Waals surface area contributed by atoms with Crippen LogP contribution in [-0.4, -0.2) is 53.6 Å². The molecule has 0 unspecified atom stereocenters. The summed E-state index contributed by atoms with van der Waals surface area (Å²) < 4.78 is 19.8. The van der Waals surface area contributed by atoms with E-state index < -0.39 is 10.8 Å². The van der Waals surface area contributed by atoms with E-state index in [-0.39, 0.29) is 5.41 Å². The summed E-state index contributed by atoms with van der Waals surface area (Å²) in [5.41, 5.74) is 2.29. The Labute approximate surface area is 170 Å². The first-order valence-corrected chi connectivity index (χ1v) is 10.5. The molecule has 0 amide bonds. The zero-order valence-corrected chi connectivity index (χ0v) is 17.3. The van der Waals surface area contributed by atoms with Crippen LogP contribution < -0.4 is 0 Å². The van der Waals surface area contributed by atoms with E-state index in [1.54, 1.807) is 24.2 Å². The molecule has 3 heterocycles. The van der Waals surface area contributed by atoms with Crippen LogP contribution in [-0.2, 0) is 15.5 Å². The van der Waals surface area contributed by atoms with Crippen molar-refractivity contribution in [2.24, 2.45) is 5.41 Å². The van der Waals surface area contributed by atoms with Crippen molar-refractivity contribution in [3.63, 3.8) is 0 Å². The molecule has 8 nitrogen and oxygen atoms in total. The van der Waals surface area contributed by atoms with E-state index in [2.05, 4.69) is 25.3 Å². The maximum Gasteiger partial charge on any atom is 0.162 e. The lowest BCUT2D eigenvalue weighted by Crippen LogP contribution is -2.25. The van der Waals surface area contributed by atoms with Crippen molar-refractivity contribution >= 4 is 21.8 Å². The minimum absolute atomic E-state index is 0.181. The predicted octanol–water partition coefficient (Wildman–Crippen LogP) is 2.99.